The van der Waals surface area contributed by atoms with Crippen LogP contribution in [0.15, 0.2) is 46.3 Å². The average Bonchev–Trinajstić information content (AvgIpc) is 2.66. The highest BCUT2D eigenvalue weighted by atomic mass is 32.2. The Hall–Kier alpha value is -2.74. The number of nitrogens with zero attached hydrogens (tertiary/aromatic N) is 1. The maximum absolute atomic E-state index is 11.7. The van der Waals surface area contributed by atoms with E-state index in [4.69, 9.17) is 9.47 Å². The summed E-state index contributed by atoms with van der Waals surface area (Å²) >= 11 is 0. The first-order valence-electron chi connectivity index (χ1n) is 8.73. The first-order chi connectivity index (χ1) is 13.3. The van der Waals surface area contributed by atoms with Crippen molar-refractivity contribution in [2.45, 2.75) is 24.9 Å². The smallest absolute Gasteiger partial charge is 0.191 e. The number of hydrogen-bond acceptors (Lipinski definition) is 5. The van der Waals surface area contributed by atoms with Crippen molar-refractivity contribution >= 4 is 15.8 Å². The van der Waals surface area contributed by atoms with Gasteiger partial charge in [0.05, 0.1) is 19.1 Å². The van der Waals surface area contributed by atoms with Crippen LogP contribution in [0.2, 0.25) is 0 Å². The molecular weight excluding hydrogens is 378 g/mol. The lowest BCUT2D eigenvalue weighted by Crippen LogP contribution is -2.36. The average molecular weight is 406 g/mol. The summed E-state index contributed by atoms with van der Waals surface area (Å²) < 4.78 is 34.0. The minimum atomic E-state index is -3.21. The van der Waals surface area contributed by atoms with Crippen molar-refractivity contribution in [2.75, 3.05) is 27.5 Å². The summed E-state index contributed by atoms with van der Waals surface area (Å²) in [5.74, 6) is 1.99. The van der Waals surface area contributed by atoms with Crippen molar-refractivity contribution in [3.05, 3.63) is 53.1 Å². The Labute approximate surface area is 166 Å². The summed E-state index contributed by atoms with van der Waals surface area (Å²) in [5, 5.41) is 6.47. The second-order valence-corrected chi connectivity index (χ2v) is 8.32. The van der Waals surface area contributed by atoms with Crippen LogP contribution in [0.1, 0.15) is 16.7 Å². The second kappa shape index (κ2) is 9.45. The quantitative estimate of drug-likeness (QED) is 0.543. The van der Waals surface area contributed by atoms with Gasteiger partial charge in [0, 0.05) is 26.4 Å². The van der Waals surface area contributed by atoms with Crippen LogP contribution in [0, 0.1) is 6.92 Å². The van der Waals surface area contributed by atoms with Gasteiger partial charge in [-0.15, -0.1) is 0 Å². The van der Waals surface area contributed by atoms with Gasteiger partial charge in [-0.1, -0.05) is 18.2 Å². The van der Waals surface area contributed by atoms with E-state index in [1.54, 1.807) is 40.3 Å². The van der Waals surface area contributed by atoms with E-state index in [0.717, 1.165) is 16.7 Å². The molecule has 152 valence electrons. The monoisotopic (exact) mass is 405 g/mol. The van der Waals surface area contributed by atoms with Crippen LogP contribution in [0.3, 0.4) is 0 Å². The van der Waals surface area contributed by atoms with Crippen molar-refractivity contribution in [3.63, 3.8) is 0 Å². The Morgan fingerprint density at radius 2 is 1.54 bits per heavy atom. The van der Waals surface area contributed by atoms with Crippen LogP contribution < -0.4 is 20.1 Å². The van der Waals surface area contributed by atoms with Gasteiger partial charge in [0.25, 0.3) is 0 Å². The zero-order valence-electron chi connectivity index (χ0n) is 16.9. The second-order valence-electron chi connectivity index (χ2n) is 6.34. The van der Waals surface area contributed by atoms with Crippen LogP contribution in [-0.4, -0.2) is 41.9 Å². The van der Waals surface area contributed by atoms with Crippen molar-refractivity contribution < 1.29 is 17.9 Å². The summed E-state index contributed by atoms with van der Waals surface area (Å²) in [4.78, 5) is 4.57. The van der Waals surface area contributed by atoms with Crippen molar-refractivity contribution in [3.8, 4) is 11.5 Å². The summed E-state index contributed by atoms with van der Waals surface area (Å²) in [7, 11) is 1.69. The SMILES string of the molecule is CN=C(NCc1ccc(S(C)(=O)=O)c(C)c1)NCc1ccc(OC)c(OC)c1. The zero-order valence-corrected chi connectivity index (χ0v) is 17.7. The van der Waals surface area contributed by atoms with Crippen molar-refractivity contribution in [1.29, 1.82) is 0 Å². The Morgan fingerprint density at radius 1 is 0.964 bits per heavy atom. The fourth-order valence-corrected chi connectivity index (χ4v) is 3.78. The standard InChI is InChI=1S/C20H27N3O4S/c1-14-10-15(7-9-19(14)28(5,24)25)12-22-20(21-2)23-13-16-6-8-17(26-3)18(11-16)27-4/h6-11H,12-13H2,1-5H3,(H2,21,22,23). The lowest BCUT2D eigenvalue weighted by atomic mass is 10.1. The number of ether oxygens (including phenoxy) is 2. The molecule has 2 aromatic carbocycles. The number of hydrogen-bond donors (Lipinski definition) is 2. The van der Waals surface area contributed by atoms with E-state index < -0.39 is 9.84 Å². The molecule has 2 N–H and O–H groups in total. The molecule has 0 radical (unpaired) electrons. The van der Waals surface area contributed by atoms with Crippen LogP contribution in [-0.2, 0) is 22.9 Å². The summed E-state index contributed by atoms with van der Waals surface area (Å²) in [6.07, 6.45) is 1.22. The number of rotatable bonds is 7. The minimum absolute atomic E-state index is 0.354. The van der Waals surface area contributed by atoms with Crippen LogP contribution >= 0.6 is 0 Å². The van der Waals surface area contributed by atoms with Gasteiger partial charge in [0.2, 0.25) is 0 Å². The molecule has 0 spiro atoms. The minimum Gasteiger partial charge on any atom is -0.493 e. The Morgan fingerprint density at radius 3 is 2.04 bits per heavy atom. The van der Waals surface area contributed by atoms with E-state index >= 15 is 0 Å². The predicted molar refractivity (Wildman–Crippen MR) is 111 cm³/mol. The summed E-state index contributed by atoms with van der Waals surface area (Å²) in [5.41, 5.74) is 2.72. The van der Waals surface area contributed by atoms with E-state index in [-0.39, 0.29) is 0 Å². The molecule has 2 aromatic rings. The molecule has 0 aliphatic rings. The lowest BCUT2D eigenvalue weighted by Gasteiger charge is -2.14. The van der Waals surface area contributed by atoms with Crippen molar-refractivity contribution in [2.24, 2.45) is 4.99 Å². The number of aryl methyl sites for hydroxylation is 1. The molecule has 0 bridgehead atoms. The highest BCUT2D eigenvalue weighted by Gasteiger charge is 2.11. The Kier molecular flexibility index (Phi) is 7.28. The van der Waals surface area contributed by atoms with Crippen LogP contribution in [0.5, 0.6) is 11.5 Å². The van der Waals surface area contributed by atoms with Crippen LogP contribution in [0.25, 0.3) is 0 Å². The molecule has 0 aliphatic carbocycles. The first kappa shape index (κ1) is 21.6. The van der Waals surface area contributed by atoms with Gasteiger partial charge < -0.3 is 20.1 Å². The molecule has 0 atom stereocenters. The molecule has 8 heteroatoms. The van der Waals surface area contributed by atoms with Gasteiger partial charge in [0.1, 0.15) is 0 Å². The zero-order chi connectivity index (χ0) is 20.7. The largest absolute Gasteiger partial charge is 0.493 e. The topological polar surface area (TPSA) is 89.0 Å². The lowest BCUT2D eigenvalue weighted by molar-refractivity contribution is 0.354. The number of methoxy groups -OCH3 is 2. The van der Waals surface area contributed by atoms with Gasteiger partial charge in [-0.2, -0.15) is 0 Å². The number of nitrogens with one attached hydrogen (secondary N) is 2. The van der Waals surface area contributed by atoms with Crippen LogP contribution in [0.4, 0.5) is 0 Å². The molecule has 0 aliphatic heterocycles. The van der Waals surface area contributed by atoms with Gasteiger partial charge in [0.15, 0.2) is 27.3 Å². The highest BCUT2D eigenvalue weighted by Crippen LogP contribution is 2.27. The molecule has 28 heavy (non-hydrogen) atoms. The maximum Gasteiger partial charge on any atom is 0.191 e. The molecule has 0 saturated heterocycles. The third-order valence-electron chi connectivity index (χ3n) is 4.23. The van der Waals surface area contributed by atoms with E-state index in [2.05, 4.69) is 15.6 Å². The van der Waals surface area contributed by atoms with Gasteiger partial charge >= 0.3 is 0 Å². The molecule has 0 saturated carbocycles. The van der Waals surface area contributed by atoms with Gasteiger partial charge in [-0.25, -0.2) is 8.42 Å². The molecule has 0 fully saturated rings. The Balaban J connectivity index is 1.98. The number of sulfone groups is 1. The molecule has 0 amide bonds. The Bertz CT molecular complexity index is 956. The third kappa shape index (κ3) is 5.63. The van der Waals surface area contributed by atoms with E-state index in [0.29, 0.717) is 35.4 Å². The van der Waals surface area contributed by atoms with E-state index in [9.17, 15) is 8.42 Å². The number of aliphatic imine (C=N–C) groups is 1. The van der Waals surface area contributed by atoms with Crippen molar-refractivity contribution in [1.82, 2.24) is 10.6 Å². The van der Waals surface area contributed by atoms with E-state index in [1.165, 1.54) is 6.26 Å². The molecule has 0 heterocycles. The maximum atomic E-state index is 11.7. The number of guanidine groups is 1. The highest BCUT2D eigenvalue weighted by molar-refractivity contribution is 7.90. The molecular formula is C20H27N3O4S. The van der Waals surface area contributed by atoms with E-state index in [1.807, 2.05) is 24.3 Å². The first-order valence-corrected chi connectivity index (χ1v) is 10.6. The predicted octanol–water partition coefficient (Wildman–Crippen LogP) is 2.28. The molecule has 7 nitrogen and oxygen atoms in total. The fraction of sp³-hybridized carbons (Fsp3) is 0.350. The summed E-state index contributed by atoms with van der Waals surface area (Å²) in [6.45, 7) is 2.88. The molecule has 2 rings (SSSR count). The third-order valence-corrected chi connectivity index (χ3v) is 5.49. The van der Waals surface area contributed by atoms with Gasteiger partial charge in [-0.05, 0) is 41.8 Å². The fourth-order valence-electron chi connectivity index (χ4n) is 2.82. The van der Waals surface area contributed by atoms with Gasteiger partial charge in [-0.3, -0.25) is 4.99 Å². The molecule has 0 aromatic heterocycles. The molecule has 0 unspecified atom stereocenters. The normalized spacial score (nSPS) is 11.8. The summed E-state index contributed by atoms with van der Waals surface area (Å²) in [6, 6.07) is 11.0. The number of benzene rings is 2.